The molecule has 1 aliphatic rings. The summed E-state index contributed by atoms with van der Waals surface area (Å²) in [6.07, 6.45) is -1.01. The van der Waals surface area contributed by atoms with Crippen molar-refractivity contribution < 1.29 is 33.3 Å². The van der Waals surface area contributed by atoms with E-state index in [2.05, 4.69) is 5.32 Å². The molecule has 2 aromatic carbocycles. The molecule has 2 aromatic rings. The van der Waals surface area contributed by atoms with Crippen molar-refractivity contribution in [1.82, 2.24) is 0 Å². The Kier molecular flexibility index (Phi) is 5.35. The van der Waals surface area contributed by atoms with Crippen LogP contribution in [0.25, 0.3) is 0 Å². The van der Waals surface area contributed by atoms with Crippen molar-refractivity contribution >= 4 is 17.6 Å². The summed E-state index contributed by atoms with van der Waals surface area (Å²) < 4.78 is 26.0. The molecule has 1 atom stereocenters. The van der Waals surface area contributed by atoms with Gasteiger partial charge in [-0.3, -0.25) is 4.79 Å². The molecule has 0 saturated carbocycles. The first kappa shape index (κ1) is 18.4. The highest BCUT2D eigenvalue weighted by atomic mass is 16.7. The molecule has 0 fully saturated rings. The minimum absolute atomic E-state index is 0.144. The summed E-state index contributed by atoms with van der Waals surface area (Å²) in [5.41, 5.74) is 0.726. The zero-order valence-electron chi connectivity index (χ0n) is 15.1. The van der Waals surface area contributed by atoms with Crippen LogP contribution in [-0.4, -0.2) is 39.0 Å². The number of hydrogen-bond donors (Lipinski definition) is 1. The van der Waals surface area contributed by atoms with E-state index in [1.807, 2.05) is 0 Å². The largest absolute Gasteiger partial charge is 0.497 e. The molecule has 0 spiro atoms. The van der Waals surface area contributed by atoms with Crippen molar-refractivity contribution in [1.29, 1.82) is 0 Å². The lowest BCUT2D eigenvalue weighted by atomic mass is 10.2. The molecule has 1 N–H and O–H groups in total. The summed E-state index contributed by atoms with van der Waals surface area (Å²) in [7, 11) is 2.96. The maximum atomic E-state index is 12.4. The van der Waals surface area contributed by atoms with Crippen molar-refractivity contribution in [3.8, 4) is 23.0 Å². The first-order chi connectivity index (χ1) is 13.0. The van der Waals surface area contributed by atoms with Crippen LogP contribution in [0.2, 0.25) is 0 Å². The highest BCUT2D eigenvalue weighted by molar-refractivity contribution is 5.97. The molecule has 8 nitrogen and oxygen atoms in total. The highest BCUT2D eigenvalue weighted by Crippen LogP contribution is 2.34. The molecule has 27 heavy (non-hydrogen) atoms. The van der Waals surface area contributed by atoms with Gasteiger partial charge in [0, 0.05) is 17.8 Å². The predicted molar refractivity (Wildman–Crippen MR) is 95.6 cm³/mol. The summed E-state index contributed by atoms with van der Waals surface area (Å²) in [5.74, 6) is 0.899. The van der Waals surface area contributed by atoms with Crippen molar-refractivity contribution in [2.24, 2.45) is 0 Å². The minimum Gasteiger partial charge on any atom is -0.497 e. The lowest BCUT2D eigenvalue weighted by Crippen LogP contribution is -2.30. The number of nitrogens with one attached hydrogen (secondary N) is 1. The Morgan fingerprint density at radius 3 is 2.33 bits per heavy atom. The van der Waals surface area contributed by atoms with Gasteiger partial charge in [-0.15, -0.1) is 0 Å². The van der Waals surface area contributed by atoms with Crippen LogP contribution in [0.3, 0.4) is 0 Å². The Hall–Kier alpha value is -3.42. The number of anilines is 1. The Morgan fingerprint density at radius 2 is 1.67 bits per heavy atom. The summed E-state index contributed by atoms with van der Waals surface area (Å²) in [4.78, 5) is 24.7. The fraction of sp³-hybridized carbons (Fsp3) is 0.263. The summed E-state index contributed by atoms with van der Waals surface area (Å²) in [6.45, 7) is 1.63. The first-order valence-electron chi connectivity index (χ1n) is 8.14. The van der Waals surface area contributed by atoms with Crippen LogP contribution in [0, 0.1) is 0 Å². The molecule has 1 amide bonds. The Bertz CT molecular complexity index is 843. The van der Waals surface area contributed by atoms with E-state index in [4.69, 9.17) is 23.7 Å². The van der Waals surface area contributed by atoms with Gasteiger partial charge >= 0.3 is 5.97 Å². The van der Waals surface area contributed by atoms with Crippen LogP contribution < -0.4 is 24.3 Å². The van der Waals surface area contributed by atoms with Gasteiger partial charge in [-0.25, -0.2) is 4.79 Å². The summed E-state index contributed by atoms with van der Waals surface area (Å²) in [5, 5.41) is 2.67. The van der Waals surface area contributed by atoms with E-state index in [0.717, 1.165) is 0 Å². The Labute approximate surface area is 155 Å². The number of carbonyl (C=O) groups is 2. The SMILES string of the molecule is COc1cc(OC)cc(C(=O)O[C@@H](C)C(=O)Nc2ccc3c(c2)OCO3)c1. The maximum Gasteiger partial charge on any atom is 0.339 e. The fourth-order valence-electron chi connectivity index (χ4n) is 2.43. The minimum atomic E-state index is -1.01. The van der Waals surface area contributed by atoms with Gasteiger partial charge in [-0.1, -0.05) is 0 Å². The van der Waals surface area contributed by atoms with Crippen molar-refractivity contribution in [2.75, 3.05) is 26.3 Å². The van der Waals surface area contributed by atoms with Crippen molar-refractivity contribution in [3.05, 3.63) is 42.0 Å². The average molecular weight is 373 g/mol. The number of ether oxygens (including phenoxy) is 5. The van der Waals surface area contributed by atoms with E-state index in [1.165, 1.54) is 33.3 Å². The van der Waals surface area contributed by atoms with Gasteiger partial charge in [0.25, 0.3) is 5.91 Å². The lowest BCUT2D eigenvalue weighted by molar-refractivity contribution is -0.123. The zero-order valence-corrected chi connectivity index (χ0v) is 15.1. The average Bonchev–Trinajstić information content (AvgIpc) is 3.15. The van der Waals surface area contributed by atoms with Gasteiger partial charge in [0.1, 0.15) is 11.5 Å². The van der Waals surface area contributed by atoms with E-state index in [1.54, 1.807) is 24.3 Å². The first-order valence-corrected chi connectivity index (χ1v) is 8.14. The number of rotatable bonds is 6. The quantitative estimate of drug-likeness (QED) is 0.778. The van der Waals surface area contributed by atoms with Gasteiger partial charge in [0.15, 0.2) is 17.6 Å². The predicted octanol–water partition coefficient (Wildman–Crippen LogP) is 2.62. The van der Waals surface area contributed by atoms with Crippen LogP contribution in [0.1, 0.15) is 17.3 Å². The van der Waals surface area contributed by atoms with Crippen LogP contribution >= 0.6 is 0 Å². The van der Waals surface area contributed by atoms with Gasteiger partial charge in [-0.2, -0.15) is 0 Å². The van der Waals surface area contributed by atoms with Crippen molar-refractivity contribution in [2.45, 2.75) is 13.0 Å². The topological polar surface area (TPSA) is 92.3 Å². The molecular formula is C19H19NO7. The molecular weight excluding hydrogens is 354 g/mol. The molecule has 142 valence electrons. The normalized spacial score (nSPS) is 12.9. The Balaban J connectivity index is 1.65. The second-order valence-electron chi connectivity index (χ2n) is 5.71. The molecule has 0 aromatic heterocycles. The highest BCUT2D eigenvalue weighted by Gasteiger charge is 2.21. The van der Waals surface area contributed by atoms with Crippen LogP contribution in [0.5, 0.6) is 23.0 Å². The fourth-order valence-corrected chi connectivity index (χ4v) is 2.43. The molecule has 0 unspecified atom stereocenters. The zero-order chi connectivity index (χ0) is 19.4. The van der Waals surface area contributed by atoms with E-state index in [9.17, 15) is 9.59 Å². The number of amides is 1. The molecule has 0 aliphatic carbocycles. The summed E-state index contributed by atoms with van der Waals surface area (Å²) >= 11 is 0. The third-order valence-electron chi connectivity index (χ3n) is 3.88. The van der Waals surface area contributed by atoms with E-state index in [-0.39, 0.29) is 12.4 Å². The number of benzene rings is 2. The standard InChI is InChI=1S/C19H19NO7/c1-11(18(21)20-13-4-5-16-17(8-13)26-10-25-16)27-19(22)12-6-14(23-2)9-15(7-12)24-3/h4-9,11H,10H2,1-3H3,(H,20,21)/t11-/m0/s1. The Morgan fingerprint density at radius 1 is 1.00 bits per heavy atom. The van der Waals surface area contributed by atoms with E-state index in [0.29, 0.717) is 28.7 Å². The number of fused-ring (bicyclic) bond motifs is 1. The number of hydrogen-bond acceptors (Lipinski definition) is 7. The lowest BCUT2D eigenvalue weighted by Gasteiger charge is -2.14. The van der Waals surface area contributed by atoms with E-state index < -0.39 is 18.0 Å². The molecule has 0 saturated heterocycles. The number of carbonyl (C=O) groups excluding carboxylic acids is 2. The second kappa shape index (κ2) is 7.86. The molecule has 3 rings (SSSR count). The number of methoxy groups -OCH3 is 2. The van der Waals surface area contributed by atoms with Gasteiger partial charge in [0.2, 0.25) is 6.79 Å². The molecule has 0 bridgehead atoms. The van der Waals surface area contributed by atoms with E-state index >= 15 is 0 Å². The van der Waals surface area contributed by atoms with Gasteiger partial charge in [0.05, 0.1) is 19.8 Å². The molecule has 8 heteroatoms. The van der Waals surface area contributed by atoms with Crippen LogP contribution in [0.4, 0.5) is 5.69 Å². The molecule has 0 radical (unpaired) electrons. The monoisotopic (exact) mass is 373 g/mol. The van der Waals surface area contributed by atoms with Crippen molar-refractivity contribution in [3.63, 3.8) is 0 Å². The second-order valence-corrected chi connectivity index (χ2v) is 5.71. The molecule has 1 heterocycles. The third-order valence-corrected chi connectivity index (χ3v) is 3.88. The smallest absolute Gasteiger partial charge is 0.339 e. The van der Waals surface area contributed by atoms with Gasteiger partial charge in [-0.05, 0) is 31.2 Å². The molecule has 1 aliphatic heterocycles. The number of esters is 1. The van der Waals surface area contributed by atoms with Gasteiger partial charge < -0.3 is 29.0 Å². The van der Waals surface area contributed by atoms with Crippen LogP contribution in [-0.2, 0) is 9.53 Å². The third kappa shape index (κ3) is 4.22. The summed E-state index contributed by atoms with van der Waals surface area (Å²) in [6, 6.07) is 9.65. The maximum absolute atomic E-state index is 12.4. The van der Waals surface area contributed by atoms with Crippen LogP contribution in [0.15, 0.2) is 36.4 Å².